The molecule has 3 aromatic carbocycles. The van der Waals surface area contributed by atoms with Gasteiger partial charge in [-0.2, -0.15) is 0 Å². The molecule has 0 unspecified atom stereocenters. The number of rotatable bonds is 5. The number of carbonyl (C=O) groups is 3. The number of hydrogen-bond donors (Lipinski definition) is 1. The van der Waals surface area contributed by atoms with E-state index in [9.17, 15) is 14.4 Å². The molecule has 6 nitrogen and oxygen atoms in total. The van der Waals surface area contributed by atoms with Gasteiger partial charge in [-0.1, -0.05) is 47.5 Å². The van der Waals surface area contributed by atoms with Crippen LogP contribution in [0.25, 0.3) is 6.08 Å². The molecule has 0 aliphatic carbocycles. The van der Waals surface area contributed by atoms with Crippen molar-refractivity contribution >= 4 is 75.4 Å². The van der Waals surface area contributed by atoms with Crippen LogP contribution in [0.15, 0.2) is 60.2 Å². The number of nitrogens with zero attached hydrogens (tertiary/aromatic N) is 1. The summed E-state index contributed by atoms with van der Waals surface area (Å²) in [4.78, 5) is 39.4. The number of urea groups is 1. The van der Waals surface area contributed by atoms with Crippen LogP contribution in [0, 0.1) is 10.5 Å². The van der Waals surface area contributed by atoms with Crippen LogP contribution >= 0.6 is 45.8 Å². The first-order chi connectivity index (χ1) is 16.7. The molecule has 1 aliphatic heterocycles. The first-order valence-electron chi connectivity index (χ1n) is 10.5. The SMILES string of the molecule is COc1cc(/C=C2\C(=O)NC(=O)N(c3cccc(Cl)c3C)C2=O)cc(I)c1Cc1ccccc1Cl. The Balaban J connectivity index is 1.73. The number of imide groups is 2. The van der Waals surface area contributed by atoms with Crippen LogP contribution in [0.4, 0.5) is 10.5 Å². The number of methoxy groups -OCH3 is 1. The molecule has 4 amide bonds. The number of carbonyl (C=O) groups excluding carboxylic acids is 3. The zero-order valence-corrected chi connectivity index (χ0v) is 22.4. The fourth-order valence-corrected chi connectivity index (χ4v) is 4.97. The maximum absolute atomic E-state index is 13.3. The van der Waals surface area contributed by atoms with Crippen LogP contribution in [0.1, 0.15) is 22.3 Å². The van der Waals surface area contributed by atoms with E-state index in [4.69, 9.17) is 27.9 Å². The van der Waals surface area contributed by atoms with Crippen LogP contribution in [-0.4, -0.2) is 25.0 Å². The Hall–Kier alpha value is -2.88. The fourth-order valence-electron chi connectivity index (χ4n) is 3.78. The van der Waals surface area contributed by atoms with Gasteiger partial charge in [0.25, 0.3) is 11.8 Å². The molecule has 1 heterocycles. The highest BCUT2D eigenvalue weighted by Crippen LogP contribution is 2.33. The number of amides is 4. The van der Waals surface area contributed by atoms with Gasteiger partial charge in [0.2, 0.25) is 0 Å². The lowest BCUT2D eigenvalue weighted by Crippen LogP contribution is -2.54. The van der Waals surface area contributed by atoms with E-state index in [0.717, 1.165) is 19.6 Å². The maximum atomic E-state index is 13.3. The van der Waals surface area contributed by atoms with Crippen molar-refractivity contribution in [2.24, 2.45) is 0 Å². The van der Waals surface area contributed by atoms with Gasteiger partial charge in [0.1, 0.15) is 11.3 Å². The molecule has 9 heteroatoms. The molecule has 0 spiro atoms. The second kappa shape index (κ2) is 10.4. The second-order valence-electron chi connectivity index (χ2n) is 7.79. The summed E-state index contributed by atoms with van der Waals surface area (Å²) in [7, 11) is 1.55. The van der Waals surface area contributed by atoms with Crippen molar-refractivity contribution in [1.82, 2.24) is 5.32 Å². The highest BCUT2D eigenvalue weighted by atomic mass is 127. The molecule has 0 radical (unpaired) electrons. The normalized spacial score (nSPS) is 14.9. The molecule has 1 N–H and O–H groups in total. The van der Waals surface area contributed by atoms with E-state index in [2.05, 4.69) is 27.9 Å². The standard InChI is InChI=1S/C26H19Cl2IN2O4/c1-14-19(27)8-5-9-22(14)31-25(33)18(24(32)30-26(31)34)10-15-11-21(29)17(23(12-15)35-2)13-16-6-3-4-7-20(16)28/h3-12H,13H2,1-2H3,(H,30,32,34)/b18-10+. The van der Waals surface area contributed by atoms with E-state index in [0.29, 0.717) is 39.0 Å². The number of nitrogens with one attached hydrogen (secondary N) is 1. The molecule has 1 fully saturated rings. The van der Waals surface area contributed by atoms with Crippen molar-refractivity contribution in [1.29, 1.82) is 0 Å². The van der Waals surface area contributed by atoms with Gasteiger partial charge >= 0.3 is 6.03 Å². The Kier molecular flexibility index (Phi) is 7.49. The van der Waals surface area contributed by atoms with Gasteiger partial charge < -0.3 is 4.74 Å². The number of barbiturate groups is 1. The third-order valence-electron chi connectivity index (χ3n) is 5.61. The van der Waals surface area contributed by atoms with Crippen LogP contribution in [0.5, 0.6) is 5.75 Å². The summed E-state index contributed by atoms with van der Waals surface area (Å²) >= 11 is 14.7. The average molecular weight is 621 g/mol. The number of ether oxygens (including phenoxy) is 1. The lowest BCUT2D eigenvalue weighted by molar-refractivity contribution is -0.122. The Labute approximate surface area is 226 Å². The minimum atomic E-state index is -0.829. The van der Waals surface area contributed by atoms with Gasteiger partial charge in [0.05, 0.1) is 12.8 Å². The minimum absolute atomic E-state index is 0.180. The molecule has 4 rings (SSSR count). The summed E-state index contributed by atoms with van der Waals surface area (Å²) in [5.74, 6) is -0.922. The van der Waals surface area contributed by atoms with Gasteiger partial charge in [-0.3, -0.25) is 14.9 Å². The van der Waals surface area contributed by atoms with E-state index in [1.165, 1.54) is 6.08 Å². The third kappa shape index (κ3) is 5.07. The predicted octanol–water partition coefficient (Wildman–Crippen LogP) is 6.17. The van der Waals surface area contributed by atoms with Gasteiger partial charge in [0, 0.05) is 25.6 Å². The summed E-state index contributed by atoms with van der Waals surface area (Å²) < 4.78 is 6.49. The summed E-state index contributed by atoms with van der Waals surface area (Å²) in [5.41, 5.74) is 3.12. The fraction of sp³-hybridized carbons (Fsp3) is 0.115. The summed E-state index contributed by atoms with van der Waals surface area (Å²) in [6.07, 6.45) is 1.99. The van der Waals surface area contributed by atoms with E-state index in [-0.39, 0.29) is 5.57 Å². The highest BCUT2D eigenvalue weighted by Gasteiger charge is 2.37. The van der Waals surface area contributed by atoms with Crippen LogP contribution in [-0.2, 0) is 16.0 Å². The molecule has 0 saturated carbocycles. The Morgan fingerprint density at radius 2 is 1.74 bits per heavy atom. The number of anilines is 1. The Bertz CT molecular complexity index is 1400. The molecule has 0 atom stereocenters. The van der Waals surface area contributed by atoms with Gasteiger partial charge in [0.15, 0.2) is 0 Å². The van der Waals surface area contributed by atoms with Gasteiger partial charge in [-0.15, -0.1) is 0 Å². The van der Waals surface area contributed by atoms with Crippen molar-refractivity contribution in [3.05, 3.63) is 96.0 Å². The second-order valence-corrected chi connectivity index (χ2v) is 9.77. The summed E-state index contributed by atoms with van der Waals surface area (Å²) in [5, 5.41) is 3.29. The molecular formula is C26H19Cl2IN2O4. The third-order valence-corrected chi connectivity index (χ3v) is 7.36. The van der Waals surface area contributed by atoms with E-state index in [1.54, 1.807) is 38.3 Å². The molecular weight excluding hydrogens is 602 g/mol. The number of hydrogen-bond acceptors (Lipinski definition) is 4. The van der Waals surface area contributed by atoms with Crippen molar-refractivity contribution in [3.8, 4) is 5.75 Å². The molecule has 0 bridgehead atoms. The topological polar surface area (TPSA) is 75.7 Å². The summed E-state index contributed by atoms with van der Waals surface area (Å²) in [6, 6.07) is 15.2. The summed E-state index contributed by atoms with van der Waals surface area (Å²) in [6.45, 7) is 1.70. The predicted molar refractivity (Wildman–Crippen MR) is 145 cm³/mol. The van der Waals surface area contributed by atoms with Gasteiger partial charge in [-0.25, -0.2) is 9.69 Å². The number of halogens is 3. The van der Waals surface area contributed by atoms with Crippen LogP contribution < -0.4 is 15.0 Å². The number of benzene rings is 3. The van der Waals surface area contributed by atoms with Crippen LogP contribution in [0.3, 0.4) is 0 Å². The smallest absolute Gasteiger partial charge is 0.335 e. The molecule has 3 aromatic rings. The first-order valence-corrected chi connectivity index (χ1v) is 12.3. The highest BCUT2D eigenvalue weighted by molar-refractivity contribution is 14.1. The van der Waals surface area contributed by atoms with E-state index in [1.807, 2.05) is 30.3 Å². The average Bonchev–Trinajstić information content (AvgIpc) is 2.82. The largest absolute Gasteiger partial charge is 0.496 e. The minimum Gasteiger partial charge on any atom is -0.496 e. The molecule has 0 aromatic heterocycles. The van der Waals surface area contributed by atoms with E-state index < -0.39 is 17.8 Å². The van der Waals surface area contributed by atoms with Crippen molar-refractivity contribution in [3.63, 3.8) is 0 Å². The lowest BCUT2D eigenvalue weighted by Gasteiger charge is -2.27. The molecule has 178 valence electrons. The van der Waals surface area contributed by atoms with E-state index >= 15 is 0 Å². The lowest BCUT2D eigenvalue weighted by atomic mass is 10.0. The zero-order chi connectivity index (χ0) is 25.3. The van der Waals surface area contributed by atoms with Crippen LogP contribution in [0.2, 0.25) is 10.0 Å². The van der Waals surface area contributed by atoms with Crippen molar-refractivity contribution < 1.29 is 19.1 Å². The molecule has 1 saturated heterocycles. The molecule has 1 aliphatic rings. The quantitative estimate of drug-likeness (QED) is 0.210. The first kappa shape index (κ1) is 25.2. The maximum Gasteiger partial charge on any atom is 0.335 e. The Morgan fingerprint density at radius 1 is 1.03 bits per heavy atom. The van der Waals surface area contributed by atoms with Crippen molar-refractivity contribution in [2.45, 2.75) is 13.3 Å². The monoisotopic (exact) mass is 620 g/mol. The van der Waals surface area contributed by atoms with Gasteiger partial charge in [-0.05, 0) is 82.6 Å². The van der Waals surface area contributed by atoms with Crippen molar-refractivity contribution in [2.75, 3.05) is 12.0 Å². The zero-order valence-electron chi connectivity index (χ0n) is 18.7. The Morgan fingerprint density at radius 3 is 2.46 bits per heavy atom. The molecule has 35 heavy (non-hydrogen) atoms.